The molecule has 2 aromatic rings. The molecule has 140 valence electrons. The molecule has 0 aromatic heterocycles. The van der Waals surface area contributed by atoms with Gasteiger partial charge in [-0.05, 0) is 43.2 Å². The van der Waals surface area contributed by atoms with E-state index in [2.05, 4.69) is 0 Å². The van der Waals surface area contributed by atoms with Crippen molar-refractivity contribution in [1.82, 2.24) is 4.90 Å². The quantitative estimate of drug-likeness (QED) is 0.474. The van der Waals surface area contributed by atoms with Gasteiger partial charge in [-0.15, -0.1) is 0 Å². The summed E-state index contributed by atoms with van der Waals surface area (Å²) in [7, 11) is 0. The second kappa shape index (κ2) is 7.16. The molecule has 0 unspecified atom stereocenters. The van der Waals surface area contributed by atoms with Gasteiger partial charge in [0.1, 0.15) is 24.0 Å². The fraction of sp³-hybridized carbons (Fsp3) is 0.263. The molecule has 2 aromatic carbocycles. The summed E-state index contributed by atoms with van der Waals surface area (Å²) in [6.45, 7) is 3.40. The van der Waals surface area contributed by atoms with Gasteiger partial charge in [0.25, 0.3) is 17.5 Å². The lowest BCUT2D eigenvalue weighted by Gasteiger charge is -2.19. The standard InChI is InChI=1S/C19H18N2O6/c1-11-6-12(2)8-14(7-11)27-10-13(22)9-20-18(23)15-4-3-5-16(21(25)26)17(15)19(20)24/h3-8,13,22H,9-10H2,1-2H3/t13-/m0/s1. The highest BCUT2D eigenvalue weighted by atomic mass is 16.6. The predicted octanol–water partition coefficient (Wildman–Crippen LogP) is 2.25. The first-order valence-electron chi connectivity index (χ1n) is 8.30. The number of imide groups is 1. The summed E-state index contributed by atoms with van der Waals surface area (Å²) in [5.41, 5.74) is 1.32. The maximum Gasteiger partial charge on any atom is 0.282 e. The highest BCUT2D eigenvalue weighted by molar-refractivity contribution is 6.23. The average Bonchev–Trinajstić information content (AvgIpc) is 2.84. The number of rotatable bonds is 6. The third kappa shape index (κ3) is 3.65. The molecule has 0 fully saturated rings. The third-order valence-corrected chi connectivity index (χ3v) is 4.20. The number of nitrogens with zero attached hydrogens (tertiary/aromatic N) is 2. The molecule has 0 spiro atoms. The molecule has 1 heterocycles. The number of carbonyl (C=O) groups excluding carboxylic acids is 2. The van der Waals surface area contributed by atoms with Crippen LogP contribution in [-0.4, -0.2) is 46.0 Å². The number of aliphatic hydroxyl groups excluding tert-OH is 1. The smallest absolute Gasteiger partial charge is 0.282 e. The number of aliphatic hydroxyl groups is 1. The fourth-order valence-corrected chi connectivity index (χ4v) is 3.11. The second-order valence-corrected chi connectivity index (χ2v) is 6.47. The summed E-state index contributed by atoms with van der Waals surface area (Å²) in [6, 6.07) is 9.49. The highest BCUT2D eigenvalue weighted by Gasteiger charge is 2.41. The molecule has 0 bridgehead atoms. The SMILES string of the molecule is Cc1cc(C)cc(OC[C@@H](O)CN2C(=O)c3cccc([N+](=O)[O-])c3C2=O)c1. The fourth-order valence-electron chi connectivity index (χ4n) is 3.11. The maximum atomic E-state index is 12.5. The largest absolute Gasteiger partial charge is 0.491 e. The van der Waals surface area contributed by atoms with Crippen molar-refractivity contribution in [2.75, 3.05) is 13.2 Å². The van der Waals surface area contributed by atoms with Crippen molar-refractivity contribution in [2.24, 2.45) is 0 Å². The Morgan fingerprint density at radius 3 is 2.44 bits per heavy atom. The van der Waals surface area contributed by atoms with Gasteiger partial charge in [0.05, 0.1) is 17.0 Å². The molecule has 0 aliphatic carbocycles. The molecule has 1 atom stereocenters. The van der Waals surface area contributed by atoms with Gasteiger partial charge in [-0.2, -0.15) is 0 Å². The van der Waals surface area contributed by atoms with Crippen molar-refractivity contribution in [3.63, 3.8) is 0 Å². The van der Waals surface area contributed by atoms with Crippen LogP contribution in [0.15, 0.2) is 36.4 Å². The van der Waals surface area contributed by atoms with E-state index in [1.54, 1.807) is 0 Å². The Morgan fingerprint density at radius 1 is 1.15 bits per heavy atom. The number of ether oxygens (including phenoxy) is 1. The van der Waals surface area contributed by atoms with Crippen LogP contribution in [0, 0.1) is 24.0 Å². The second-order valence-electron chi connectivity index (χ2n) is 6.47. The van der Waals surface area contributed by atoms with Crippen LogP contribution in [0.1, 0.15) is 31.8 Å². The van der Waals surface area contributed by atoms with Gasteiger partial charge < -0.3 is 9.84 Å². The number of nitro benzene ring substituents is 1. The minimum absolute atomic E-state index is 0.0309. The minimum Gasteiger partial charge on any atom is -0.491 e. The summed E-state index contributed by atoms with van der Waals surface area (Å²) in [5, 5.41) is 21.3. The molecule has 8 heteroatoms. The number of aryl methyl sites for hydroxylation is 2. The molecular formula is C19H18N2O6. The monoisotopic (exact) mass is 370 g/mol. The zero-order valence-electron chi connectivity index (χ0n) is 14.8. The van der Waals surface area contributed by atoms with Crippen molar-refractivity contribution in [3.8, 4) is 5.75 Å². The van der Waals surface area contributed by atoms with Crippen LogP contribution in [-0.2, 0) is 0 Å². The van der Waals surface area contributed by atoms with Gasteiger partial charge >= 0.3 is 0 Å². The van der Waals surface area contributed by atoms with E-state index in [9.17, 15) is 24.8 Å². The van der Waals surface area contributed by atoms with Crippen LogP contribution >= 0.6 is 0 Å². The van der Waals surface area contributed by atoms with E-state index >= 15 is 0 Å². The molecule has 0 saturated heterocycles. The molecule has 2 amide bonds. The molecule has 0 radical (unpaired) electrons. The van der Waals surface area contributed by atoms with E-state index in [1.165, 1.54) is 18.2 Å². The molecule has 1 aliphatic rings. The number of fused-ring (bicyclic) bond motifs is 1. The third-order valence-electron chi connectivity index (χ3n) is 4.20. The minimum atomic E-state index is -1.13. The molecule has 0 saturated carbocycles. The predicted molar refractivity (Wildman–Crippen MR) is 95.9 cm³/mol. The van der Waals surface area contributed by atoms with Crippen LogP contribution < -0.4 is 4.74 Å². The Morgan fingerprint density at radius 2 is 1.81 bits per heavy atom. The topological polar surface area (TPSA) is 110 Å². The van der Waals surface area contributed by atoms with Gasteiger partial charge in [-0.25, -0.2) is 0 Å². The van der Waals surface area contributed by atoms with E-state index in [0.29, 0.717) is 5.75 Å². The molecule has 27 heavy (non-hydrogen) atoms. The van der Waals surface area contributed by atoms with Crippen LogP contribution in [0.5, 0.6) is 5.75 Å². The van der Waals surface area contributed by atoms with Crippen LogP contribution in [0.3, 0.4) is 0 Å². The zero-order valence-corrected chi connectivity index (χ0v) is 14.8. The average molecular weight is 370 g/mol. The molecule has 1 N–H and O–H groups in total. The van der Waals surface area contributed by atoms with Gasteiger partial charge in [0.15, 0.2) is 0 Å². The lowest BCUT2D eigenvalue weighted by molar-refractivity contribution is -0.385. The van der Waals surface area contributed by atoms with Crippen LogP contribution in [0.4, 0.5) is 5.69 Å². The van der Waals surface area contributed by atoms with E-state index in [4.69, 9.17) is 4.74 Å². The molecular weight excluding hydrogens is 352 g/mol. The van der Waals surface area contributed by atoms with Gasteiger partial charge in [-0.1, -0.05) is 12.1 Å². The number of hydrogen-bond donors (Lipinski definition) is 1. The molecule has 3 rings (SSSR count). The van der Waals surface area contributed by atoms with Crippen molar-refractivity contribution < 1.29 is 24.4 Å². The van der Waals surface area contributed by atoms with Crippen molar-refractivity contribution in [3.05, 3.63) is 68.8 Å². The van der Waals surface area contributed by atoms with Gasteiger partial charge in [0.2, 0.25) is 0 Å². The number of nitro groups is 1. The van der Waals surface area contributed by atoms with Gasteiger partial charge in [0, 0.05) is 6.07 Å². The van der Waals surface area contributed by atoms with E-state index in [-0.39, 0.29) is 24.3 Å². The van der Waals surface area contributed by atoms with E-state index < -0.39 is 28.5 Å². The van der Waals surface area contributed by atoms with Crippen molar-refractivity contribution in [2.45, 2.75) is 20.0 Å². The van der Waals surface area contributed by atoms with Crippen molar-refractivity contribution in [1.29, 1.82) is 0 Å². The molecule has 1 aliphatic heterocycles. The first kappa shape index (κ1) is 18.5. The Labute approximate surface area is 155 Å². The summed E-state index contributed by atoms with van der Waals surface area (Å²) >= 11 is 0. The number of benzene rings is 2. The zero-order chi connectivity index (χ0) is 19.7. The van der Waals surface area contributed by atoms with Crippen molar-refractivity contribution >= 4 is 17.5 Å². The van der Waals surface area contributed by atoms with Gasteiger partial charge in [-0.3, -0.25) is 24.6 Å². The number of hydrogen-bond acceptors (Lipinski definition) is 6. The summed E-state index contributed by atoms with van der Waals surface area (Å²) < 4.78 is 5.54. The van der Waals surface area contributed by atoms with E-state index in [0.717, 1.165) is 16.0 Å². The normalized spacial score (nSPS) is 14.3. The lowest BCUT2D eigenvalue weighted by Crippen LogP contribution is -2.39. The lowest BCUT2D eigenvalue weighted by atomic mass is 10.1. The number of β-amino-alcohol motifs (C(OH)–C–C–N with tert-alkyl or cyclic N) is 1. The number of carbonyl (C=O) groups is 2. The summed E-state index contributed by atoms with van der Waals surface area (Å²) in [4.78, 5) is 36.1. The maximum absolute atomic E-state index is 12.5. The highest BCUT2D eigenvalue weighted by Crippen LogP contribution is 2.30. The first-order valence-corrected chi connectivity index (χ1v) is 8.30. The Hall–Kier alpha value is -3.26. The summed E-state index contributed by atoms with van der Waals surface area (Å²) in [6.07, 6.45) is -1.13. The van der Waals surface area contributed by atoms with E-state index in [1.807, 2.05) is 32.0 Å². The number of amides is 2. The summed E-state index contributed by atoms with van der Waals surface area (Å²) in [5.74, 6) is -0.874. The van der Waals surface area contributed by atoms with Crippen LogP contribution in [0.2, 0.25) is 0 Å². The Balaban J connectivity index is 1.70. The Kier molecular flexibility index (Phi) is 4.91. The first-order chi connectivity index (χ1) is 12.8. The van der Waals surface area contributed by atoms with Crippen LogP contribution in [0.25, 0.3) is 0 Å². The molecule has 8 nitrogen and oxygen atoms in total. The Bertz CT molecular complexity index is 920.